The molecule has 0 saturated heterocycles. The number of carboxylic acid groups (broad SMARTS) is 1. The lowest BCUT2D eigenvalue weighted by Gasteiger charge is -1.89. The molecule has 0 bridgehead atoms. The van der Waals surface area contributed by atoms with Gasteiger partial charge in [-0.15, -0.1) is 0 Å². The first-order valence-electron chi connectivity index (χ1n) is 4.07. The van der Waals surface area contributed by atoms with Gasteiger partial charge < -0.3 is 5.11 Å². The van der Waals surface area contributed by atoms with E-state index in [0.29, 0.717) is 0 Å². The second-order valence-electron chi connectivity index (χ2n) is 2.73. The highest BCUT2D eigenvalue weighted by Gasteiger charge is 2.01. The van der Waals surface area contributed by atoms with Crippen molar-refractivity contribution in [3.63, 3.8) is 0 Å². The molecule has 0 atom stereocenters. The van der Waals surface area contributed by atoms with Gasteiger partial charge in [-0.05, 0) is 12.5 Å². The van der Waals surface area contributed by atoms with E-state index in [2.05, 4.69) is 5.10 Å². The zero-order valence-corrected chi connectivity index (χ0v) is 7.69. The molecule has 4 heteroatoms. The molecule has 70 valence electrons. The number of hydrogen-bond acceptors (Lipinski definition) is 2. The molecular weight excluding hydrogens is 168 g/mol. The Morgan fingerprint density at radius 3 is 3.00 bits per heavy atom. The molecule has 0 radical (unpaired) electrons. The van der Waals surface area contributed by atoms with Crippen LogP contribution in [0, 0.1) is 0 Å². The largest absolute Gasteiger partial charge is 0.478 e. The maximum Gasteiger partial charge on any atom is 0.328 e. The summed E-state index contributed by atoms with van der Waals surface area (Å²) in [5.74, 6) is -0.939. The van der Waals surface area contributed by atoms with Crippen molar-refractivity contribution in [1.29, 1.82) is 0 Å². The maximum absolute atomic E-state index is 10.3. The van der Waals surface area contributed by atoms with Gasteiger partial charge in [0, 0.05) is 24.9 Å². The van der Waals surface area contributed by atoms with Crippen molar-refractivity contribution in [2.75, 3.05) is 0 Å². The van der Waals surface area contributed by atoms with Crippen LogP contribution in [-0.4, -0.2) is 20.9 Å². The molecule has 1 rings (SSSR count). The lowest BCUT2D eigenvalue weighted by molar-refractivity contribution is -0.131. The molecule has 0 amide bonds. The minimum absolute atomic E-state index is 0.806. The number of carboxylic acids is 1. The molecular formula is C9H12N2O2. The van der Waals surface area contributed by atoms with E-state index in [1.165, 1.54) is 0 Å². The van der Waals surface area contributed by atoms with Crippen LogP contribution in [0.5, 0.6) is 0 Å². The molecule has 0 saturated carbocycles. The zero-order chi connectivity index (χ0) is 9.84. The summed E-state index contributed by atoms with van der Waals surface area (Å²) in [5.41, 5.74) is 1.78. The summed E-state index contributed by atoms with van der Waals surface area (Å²) in [5, 5.41) is 12.6. The second kappa shape index (κ2) is 3.89. The van der Waals surface area contributed by atoms with Gasteiger partial charge in [0.15, 0.2) is 0 Å². The Morgan fingerprint density at radius 1 is 1.77 bits per heavy atom. The van der Waals surface area contributed by atoms with Gasteiger partial charge >= 0.3 is 5.97 Å². The molecule has 0 fully saturated rings. The Bertz CT molecular complexity index is 339. The summed E-state index contributed by atoms with van der Waals surface area (Å²) in [4.78, 5) is 10.3. The lowest BCUT2D eigenvalue weighted by Crippen LogP contribution is -1.89. The maximum atomic E-state index is 10.3. The number of aliphatic carboxylic acids is 1. The van der Waals surface area contributed by atoms with E-state index >= 15 is 0 Å². The summed E-state index contributed by atoms with van der Waals surface area (Å²) < 4.78 is 1.68. The van der Waals surface area contributed by atoms with Crippen molar-refractivity contribution in [2.24, 2.45) is 7.05 Å². The number of nitrogens with zero attached hydrogens (tertiary/aromatic N) is 2. The topological polar surface area (TPSA) is 55.1 Å². The monoisotopic (exact) mass is 180 g/mol. The first-order chi connectivity index (χ1) is 6.13. The Labute approximate surface area is 76.5 Å². The van der Waals surface area contributed by atoms with Crippen LogP contribution in [0.3, 0.4) is 0 Å². The second-order valence-corrected chi connectivity index (χ2v) is 2.73. The Kier molecular flexibility index (Phi) is 2.84. The van der Waals surface area contributed by atoms with Crippen LogP contribution in [-0.2, 0) is 18.3 Å². The van der Waals surface area contributed by atoms with Crippen molar-refractivity contribution in [1.82, 2.24) is 9.78 Å². The number of aryl methyl sites for hydroxylation is 2. The average molecular weight is 180 g/mol. The molecule has 0 aromatic carbocycles. The van der Waals surface area contributed by atoms with Gasteiger partial charge in [-0.1, -0.05) is 6.92 Å². The Hall–Kier alpha value is -1.58. The Morgan fingerprint density at radius 2 is 2.46 bits per heavy atom. The quantitative estimate of drug-likeness (QED) is 0.708. The van der Waals surface area contributed by atoms with Gasteiger partial charge in [0.2, 0.25) is 0 Å². The van der Waals surface area contributed by atoms with E-state index in [9.17, 15) is 4.79 Å². The number of aromatic nitrogens is 2. The highest BCUT2D eigenvalue weighted by atomic mass is 16.4. The van der Waals surface area contributed by atoms with Crippen LogP contribution < -0.4 is 0 Å². The molecule has 1 heterocycles. The molecule has 0 aliphatic rings. The van der Waals surface area contributed by atoms with Crippen molar-refractivity contribution in [3.8, 4) is 0 Å². The number of carbonyl (C=O) groups is 1. The highest BCUT2D eigenvalue weighted by Crippen LogP contribution is 2.08. The SMILES string of the molecule is CCc1nn(C)cc1C=CC(=O)O. The van der Waals surface area contributed by atoms with Crippen LogP contribution in [0.15, 0.2) is 12.3 Å². The van der Waals surface area contributed by atoms with Gasteiger partial charge in [-0.2, -0.15) is 5.10 Å². The number of rotatable bonds is 3. The van der Waals surface area contributed by atoms with Gasteiger partial charge in [0.1, 0.15) is 0 Å². The average Bonchev–Trinajstić information content (AvgIpc) is 2.42. The van der Waals surface area contributed by atoms with Gasteiger partial charge in [-0.25, -0.2) is 4.79 Å². The molecule has 1 N–H and O–H groups in total. The van der Waals surface area contributed by atoms with Crippen molar-refractivity contribution in [2.45, 2.75) is 13.3 Å². The van der Waals surface area contributed by atoms with Crippen molar-refractivity contribution in [3.05, 3.63) is 23.5 Å². The number of hydrogen-bond donors (Lipinski definition) is 1. The molecule has 0 spiro atoms. The predicted molar refractivity (Wildman–Crippen MR) is 49.3 cm³/mol. The van der Waals surface area contributed by atoms with E-state index in [1.807, 2.05) is 14.0 Å². The highest BCUT2D eigenvalue weighted by molar-refractivity contribution is 5.85. The van der Waals surface area contributed by atoms with E-state index in [-0.39, 0.29) is 0 Å². The molecule has 0 aliphatic carbocycles. The van der Waals surface area contributed by atoms with E-state index in [0.717, 1.165) is 23.8 Å². The van der Waals surface area contributed by atoms with E-state index in [4.69, 9.17) is 5.11 Å². The van der Waals surface area contributed by atoms with Crippen LogP contribution in [0.2, 0.25) is 0 Å². The van der Waals surface area contributed by atoms with E-state index in [1.54, 1.807) is 17.0 Å². The third-order valence-electron chi connectivity index (χ3n) is 1.68. The summed E-state index contributed by atoms with van der Waals surface area (Å²) in [6.45, 7) is 1.99. The summed E-state index contributed by atoms with van der Waals surface area (Å²) in [7, 11) is 1.82. The Balaban J connectivity index is 2.92. The van der Waals surface area contributed by atoms with Crippen LogP contribution in [0.4, 0.5) is 0 Å². The first-order valence-corrected chi connectivity index (χ1v) is 4.07. The fraction of sp³-hybridized carbons (Fsp3) is 0.333. The molecule has 1 aromatic heterocycles. The first kappa shape index (κ1) is 9.51. The van der Waals surface area contributed by atoms with Gasteiger partial charge in [0.25, 0.3) is 0 Å². The summed E-state index contributed by atoms with van der Waals surface area (Å²) in [6, 6.07) is 0. The fourth-order valence-corrected chi connectivity index (χ4v) is 1.13. The molecule has 0 unspecified atom stereocenters. The summed E-state index contributed by atoms with van der Waals surface area (Å²) in [6.07, 6.45) is 5.29. The fourth-order valence-electron chi connectivity index (χ4n) is 1.13. The van der Waals surface area contributed by atoms with Crippen molar-refractivity contribution >= 4 is 12.0 Å². The minimum Gasteiger partial charge on any atom is -0.478 e. The van der Waals surface area contributed by atoms with Gasteiger partial charge in [0.05, 0.1) is 5.69 Å². The van der Waals surface area contributed by atoms with Crippen molar-refractivity contribution < 1.29 is 9.90 Å². The molecule has 1 aromatic rings. The molecule has 4 nitrogen and oxygen atoms in total. The predicted octanol–water partition coefficient (Wildman–Crippen LogP) is 1.08. The smallest absolute Gasteiger partial charge is 0.328 e. The zero-order valence-electron chi connectivity index (χ0n) is 7.69. The van der Waals surface area contributed by atoms with Crippen LogP contribution in [0.25, 0.3) is 6.08 Å². The molecule has 0 aliphatic heterocycles. The van der Waals surface area contributed by atoms with Crippen LogP contribution >= 0.6 is 0 Å². The normalized spacial score (nSPS) is 10.9. The summed E-state index contributed by atoms with van der Waals surface area (Å²) >= 11 is 0. The lowest BCUT2D eigenvalue weighted by atomic mass is 10.2. The van der Waals surface area contributed by atoms with Gasteiger partial charge in [-0.3, -0.25) is 4.68 Å². The third kappa shape index (κ3) is 2.43. The molecule has 13 heavy (non-hydrogen) atoms. The standard InChI is InChI=1S/C9H12N2O2/c1-3-8-7(4-5-9(12)13)6-11(2)10-8/h4-6H,3H2,1-2H3,(H,12,13). The van der Waals surface area contributed by atoms with Crippen LogP contribution in [0.1, 0.15) is 18.2 Å². The van der Waals surface area contributed by atoms with E-state index < -0.39 is 5.97 Å². The minimum atomic E-state index is -0.939. The third-order valence-corrected chi connectivity index (χ3v) is 1.68.